The van der Waals surface area contributed by atoms with Gasteiger partial charge in [0.2, 0.25) is 0 Å². The normalized spacial score (nSPS) is 12.6. The molecule has 0 aromatic heterocycles. The number of carbonyl (C=O) groups excluding carboxylic acids is 1. The van der Waals surface area contributed by atoms with Crippen LogP contribution in [-0.2, 0) is 10.8 Å². The van der Waals surface area contributed by atoms with Crippen molar-refractivity contribution in [1.82, 2.24) is 0 Å². The molecule has 0 aliphatic rings. The highest BCUT2D eigenvalue weighted by Gasteiger charge is 2.35. The lowest BCUT2D eigenvalue weighted by molar-refractivity contribution is 0.0736. The van der Waals surface area contributed by atoms with E-state index in [9.17, 15) is 9.90 Å². The number of aryl methyl sites for hydroxylation is 1. The molecule has 33 heavy (non-hydrogen) atoms. The van der Waals surface area contributed by atoms with Crippen LogP contribution in [0.3, 0.4) is 0 Å². The van der Waals surface area contributed by atoms with Gasteiger partial charge in [0, 0.05) is 16.5 Å². The molecule has 0 radical (unpaired) electrons. The molecule has 3 nitrogen and oxygen atoms in total. The monoisotopic (exact) mass is 446 g/mol. The first-order valence-corrected chi connectivity index (χ1v) is 11.9. The van der Waals surface area contributed by atoms with Crippen molar-refractivity contribution in [3.8, 4) is 11.5 Å². The quantitative estimate of drug-likeness (QED) is 0.309. The zero-order valence-electron chi connectivity index (χ0n) is 21.5. The topological polar surface area (TPSA) is 46.5 Å². The Balaban J connectivity index is 2.15. The molecule has 0 fully saturated rings. The molecule has 3 rings (SSSR count). The van der Waals surface area contributed by atoms with Crippen molar-refractivity contribution >= 4 is 16.7 Å². The Morgan fingerprint density at radius 3 is 1.91 bits per heavy atom. The van der Waals surface area contributed by atoms with Crippen LogP contribution in [0.15, 0.2) is 48.5 Å². The van der Waals surface area contributed by atoms with E-state index < -0.39 is 5.97 Å². The Morgan fingerprint density at radius 2 is 1.39 bits per heavy atom. The molecule has 0 unspecified atom stereocenters. The molecule has 0 saturated heterocycles. The third-order valence-electron chi connectivity index (χ3n) is 7.82. The van der Waals surface area contributed by atoms with Crippen LogP contribution in [0.4, 0.5) is 0 Å². The average Bonchev–Trinajstić information content (AvgIpc) is 2.73. The Morgan fingerprint density at radius 1 is 0.848 bits per heavy atom. The second kappa shape index (κ2) is 8.85. The molecule has 0 bridgehead atoms. The predicted octanol–water partition coefficient (Wildman–Crippen LogP) is 7.94. The van der Waals surface area contributed by atoms with Gasteiger partial charge in [-0.1, -0.05) is 91.3 Å². The highest BCUT2D eigenvalue weighted by Crippen LogP contribution is 2.45. The van der Waals surface area contributed by atoms with Gasteiger partial charge in [0.1, 0.15) is 11.5 Å². The highest BCUT2D eigenvalue weighted by molar-refractivity contribution is 5.96. The second-order valence-electron chi connectivity index (χ2n) is 11.0. The lowest BCUT2D eigenvalue weighted by Crippen LogP contribution is -2.29. The largest absolute Gasteiger partial charge is 0.507 e. The summed E-state index contributed by atoms with van der Waals surface area (Å²) in [4.78, 5) is 13.4. The molecule has 0 spiro atoms. The number of rotatable bonds is 6. The molecule has 0 saturated carbocycles. The maximum absolute atomic E-state index is 13.4. The van der Waals surface area contributed by atoms with Gasteiger partial charge in [0.15, 0.2) is 0 Å². The third-order valence-corrected chi connectivity index (χ3v) is 7.82. The minimum atomic E-state index is -0.412. The van der Waals surface area contributed by atoms with Crippen molar-refractivity contribution < 1.29 is 14.6 Å². The molecule has 3 heteroatoms. The predicted molar refractivity (Wildman–Crippen MR) is 137 cm³/mol. The van der Waals surface area contributed by atoms with Gasteiger partial charge >= 0.3 is 5.97 Å². The summed E-state index contributed by atoms with van der Waals surface area (Å²) in [6.45, 7) is 19.0. The van der Waals surface area contributed by atoms with Crippen LogP contribution >= 0.6 is 0 Å². The van der Waals surface area contributed by atoms with Gasteiger partial charge < -0.3 is 9.84 Å². The van der Waals surface area contributed by atoms with Crippen LogP contribution in [0, 0.1) is 18.8 Å². The number of hydrogen-bond acceptors (Lipinski definition) is 3. The fourth-order valence-corrected chi connectivity index (χ4v) is 3.98. The number of ether oxygens (including phenoxy) is 1. The summed E-state index contributed by atoms with van der Waals surface area (Å²) in [6, 6.07) is 15.5. The molecular formula is C30H38O3. The average molecular weight is 447 g/mol. The Bertz CT molecular complexity index is 1140. The molecular weight excluding hydrogens is 408 g/mol. The van der Waals surface area contributed by atoms with Crippen molar-refractivity contribution in [3.05, 3.63) is 70.8 Å². The van der Waals surface area contributed by atoms with Gasteiger partial charge in [-0.3, -0.25) is 0 Å². The number of hydrogen-bond donors (Lipinski definition) is 1. The minimum absolute atomic E-state index is 0.269. The van der Waals surface area contributed by atoms with E-state index in [0.717, 1.165) is 27.5 Å². The first kappa shape index (κ1) is 24.8. The van der Waals surface area contributed by atoms with Gasteiger partial charge in [0.25, 0.3) is 0 Å². The first-order valence-electron chi connectivity index (χ1n) is 11.9. The smallest absolute Gasteiger partial charge is 0.343 e. The van der Waals surface area contributed by atoms with Crippen LogP contribution < -0.4 is 4.74 Å². The number of benzene rings is 3. The number of fused-ring (bicyclic) bond motifs is 1. The van der Waals surface area contributed by atoms with Gasteiger partial charge in [-0.25, -0.2) is 4.79 Å². The van der Waals surface area contributed by atoms with Crippen molar-refractivity contribution in [2.45, 2.75) is 73.1 Å². The fraction of sp³-hybridized carbons (Fsp3) is 0.433. The number of aromatic hydroxyl groups is 1. The van der Waals surface area contributed by atoms with Crippen LogP contribution in [-0.4, -0.2) is 11.1 Å². The Hall–Kier alpha value is -2.81. The number of phenolic OH excluding ortho intramolecular Hbond substituents is 1. The lowest BCUT2D eigenvalue weighted by Gasteiger charge is -2.36. The SMILES string of the molecule is Cc1ccc2c(OC(=O)c3cc(C(C)(C)C(C)C)c(O)c(C(C)(C)C(C)C)c3)cccc2c1. The Labute approximate surface area is 198 Å². The van der Waals surface area contributed by atoms with Gasteiger partial charge in [-0.05, 0) is 53.2 Å². The fourth-order valence-electron chi connectivity index (χ4n) is 3.98. The second-order valence-corrected chi connectivity index (χ2v) is 11.0. The van der Waals surface area contributed by atoms with Crippen molar-refractivity contribution in [1.29, 1.82) is 0 Å². The summed E-state index contributed by atoms with van der Waals surface area (Å²) in [6.07, 6.45) is 0. The summed E-state index contributed by atoms with van der Waals surface area (Å²) in [5.74, 6) is 0.950. The third kappa shape index (κ3) is 4.64. The molecule has 0 aliphatic heterocycles. The van der Waals surface area contributed by atoms with Crippen LogP contribution in [0.5, 0.6) is 11.5 Å². The summed E-state index contributed by atoms with van der Waals surface area (Å²) < 4.78 is 5.93. The van der Waals surface area contributed by atoms with Gasteiger partial charge in [-0.15, -0.1) is 0 Å². The van der Waals surface area contributed by atoms with Crippen molar-refractivity contribution in [2.24, 2.45) is 11.8 Å². The molecule has 0 atom stereocenters. The van der Waals surface area contributed by atoms with Gasteiger partial charge in [0.05, 0.1) is 5.56 Å². The van der Waals surface area contributed by atoms with E-state index in [1.165, 1.54) is 0 Å². The van der Waals surface area contributed by atoms with Crippen LogP contribution in [0.1, 0.15) is 82.4 Å². The molecule has 0 heterocycles. The summed E-state index contributed by atoms with van der Waals surface area (Å²) in [5, 5.41) is 13.3. The molecule has 0 aliphatic carbocycles. The van der Waals surface area contributed by atoms with E-state index in [1.54, 1.807) is 0 Å². The molecule has 176 valence electrons. The zero-order chi connectivity index (χ0) is 24.7. The highest BCUT2D eigenvalue weighted by atomic mass is 16.5. The van der Waals surface area contributed by atoms with E-state index in [2.05, 4.69) is 61.5 Å². The maximum Gasteiger partial charge on any atom is 0.343 e. The van der Waals surface area contributed by atoms with E-state index in [1.807, 2.05) is 49.4 Å². The number of esters is 1. The molecule has 3 aromatic carbocycles. The molecule has 0 amide bonds. The summed E-state index contributed by atoms with van der Waals surface area (Å²) in [7, 11) is 0. The zero-order valence-corrected chi connectivity index (χ0v) is 21.5. The van der Waals surface area contributed by atoms with Crippen molar-refractivity contribution in [2.75, 3.05) is 0 Å². The summed E-state index contributed by atoms with van der Waals surface area (Å²) >= 11 is 0. The maximum atomic E-state index is 13.4. The van der Waals surface area contributed by atoms with Crippen LogP contribution in [0.2, 0.25) is 0 Å². The van der Waals surface area contributed by atoms with Gasteiger partial charge in [-0.2, -0.15) is 0 Å². The van der Waals surface area contributed by atoms with E-state index in [4.69, 9.17) is 4.74 Å². The minimum Gasteiger partial charge on any atom is -0.507 e. The van der Waals surface area contributed by atoms with E-state index >= 15 is 0 Å². The molecule has 3 aromatic rings. The van der Waals surface area contributed by atoms with E-state index in [0.29, 0.717) is 11.3 Å². The molecule has 1 N–H and O–H groups in total. The standard InChI is InChI=1S/C30H38O3/c1-18(2)29(6,7)24-16-22(17-25(27(24)31)30(8,9)19(3)4)28(32)33-26-12-10-11-21-15-20(5)13-14-23(21)26/h10-19,31H,1-9H3. The van der Waals surface area contributed by atoms with E-state index in [-0.39, 0.29) is 28.4 Å². The first-order chi connectivity index (χ1) is 15.3. The lowest BCUT2D eigenvalue weighted by atomic mass is 9.69. The Kier molecular flexibility index (Phi) is 6.66. The van der Waals surface area contributed by atoms with Crippen LogP contribution in [0.25, 0.3) is 10.8 Å². The summed E-state index contributed by atoms with van der Waals surface area (Å²) in [5.41, 5.74) is 2.54. The van der Waals surface area contributed by atoms with Crippen molar-refractivity contribution in [3.63, 3.8) is 0 Å². The number of carbonyl (C=O) groups is 1. The number of phenols is 1.